The van der Waals surface area contributed by atoms with Gasteiger partial charge in [-0.1, -0.05) is 0 Å². The van der Waals surface area contributed by atoms with Crippen LogP contribution in [0.1, 0.15) is 31.3 Å². The Hall–Kier alpha value is -1.03. The van der Waals surface area contributed by atoms with Crippen LogP contribution in [-0.4, -0.2) is 33.6 Å². The minimum atomic E-state index is -1.04. The van der Waals surface area contributed by atoms with E-state index < -0.39 is 5.67 Å². The summed E-state index contributed by atoms with van der Waals surface area (Å²) >= 11 is 0. The van der Waals surface area contributed by atoms with E-state index in [1.807, 2.05) is 13.0 Å². The Morgan fingerprint density at radius 2 is 2.38 bits per heavy atom. The second-order valence-electron chi connectivity index (χ2n) is 4.82. The van der Waals surface area contributed by atoms with E-state index in [1.165, 1.54) is 0 Å². The molecular formula is C12H18FN3. The highest BCUT2D eigenvalue weighted by Gasteiger charge is 2.30. The topological polar surface area (TPSA) is 29.0 Å². The number of rotatable bonds is 2. The van der Waals surface area contributed by atoms with Crippen LogP contribution < -0.4 is 0 Å². The number of aryl methyl sites for hydroxylation is 1. The minimum Gasteiger partial charge on any atom is -0.294 e. The molecule has 1 aliphatic heterocycles. The van der Waals surface area contributed by atoms with Crippen LogP contribution in [-0.2, 0) is 6.54 Å². The van der Waals surface area contributed by atoms with Crippen molar-refractivity contribution in [3.8, 4) is 0 Å². The van der Waals surface area contributed by atoms with Gasteiger partial charge in [0.05, 0.1) is 5.69 Å². The third kappa shape index (κ3) is 2.98. The summed E-state index contributed by atoms with van der Waals surface area (Å²) < 4.78 is 13.8. The van der Waals surface area contributed by atoms with Gasteiger partial charge < -0.3 is 0 Å². The van der Waals surface area contributed by atoms with Gasteiger partial charge >= 0.3 is 0 Å². The molecule has 0 N–H and O–H groups in total. The summed E-state index contributed by atoms with van der Waals surface area (Å²) in [4.78, 5) is 10.5. The standard InChI is InChI=1S/C12H18FN3/c1-10-14-6-4-11(15-10)8-16-7-3-5-12(2,13)9-16/h4,6H,3,5,7-9H2,1-2H3/t12-/m1/s1. The molecule has 0 bridgehead atoms. The Labute approximate surface area is 95.7 Å². The number of alkyl halides is 1. The number of likely N-dealkylation sites (tertiary alicyclic amines) is 1. The Bertz CT molecular complexity index is 365. The van der Waals surface area contributed by atoms with Gasteiger partial charge in [0.15, 0.2) is 0 Å². The van der Waals surface area contributed by atoms with Crippen molar-refractivity contribution >= 4 is 0 Å². The zero-order valence-electron chi connectivity index (χ0n) is 9.91. The molecule has 1 fully saturated rings. The molecular weight excluding hydrogens is 205 g/mol. The van der Waals surface area contributed by atoms with Gasteiger partial charge in [0.2, 0.25) is 0 Å². The highest BCUT2D eigenvalue weighted by atomic mass is 19.1. The first-order valence-corrected chi connectivity index (χ1v) is 5.75. The Morgan fingerprint density at radius 1 is 1.56 bits per heavy atom. The van der Waals surface area contributed by atoms with Crippen LogP contribution in [0.2, 0.25) is 0 Å². The molecule has 16 heavy (non-hydrogen) atoms. The van der Waals surface area contributed by atoms with Crippen LogP contribution in [0.25, 0.3) is 0 Å². The highest BCUT2D eigenvalue weighted by Crippen LogP contribution is 2.25. The summed E-state index contributed by atoms with van der Waals surface area (Å²) in [5.41, 5.74) is -0.0643. The van der Waals surface area contributed by atoms with Crippen LogP contribution >= 0.6 is 0 Å². The molecule has 88 valence electrons. The van der Waals surface area contributed by atoms with E-state index in [9.17, 15) is 4.39 Å². The Kier molecular flexibility index (Phi) is 3.19. The van der Waals surface area contributed by atoms with E-state index in [4.69, 9.17) is 0 Å². The van der Waals surface area contributed by atoms with E-state index in [0.717, 1.165) is 31.0 Å². The quantitative estimate of drug-likeness (QED) is 0.769. The largest absolute Gasteiger partial charge is 0.294 e. The normalized spacial score (nSPS) is 26.9. The van der Waals surface area contributed by atoms with E-state index in [-0.39, 0.29) is 0 Å². The molecule has 1 saturated heterocycles. The number of piperidine rings is 1. The number of aromatic nitrogens is 2. The van der Waals surface area contributed by atoms with Gasteiger partial charge in [0.1, 0.15) is 11.5 Å². The fraction of sp³-hybridized carbons (Fsp3) is 0.667. The van der Waals surface area contributed by atoms with Crippen molar-refractivity contribution in [1.82, 2.24) is 14.9 Å². The van der Waals surface area contributed by atoms with Gasteiger partial charge in [-0.05, 0) is 39.3 Å². The predicted octanol–water partition coefficient (Wildman–Crippen LogP) is 2.11. The summed E-state index contributed by atoms with van der Waals surface area (Å²) in [6.07, 6.45) is 3.36. The molecule has 0 radical (unpaired) electrons. The maximum absolute atomic E-state index is 13.8. The van der Waals surface area contributed by atoms with Crippen LogP contribution in [0.15, 0.2) is 12.3 Å². The lowest BCUT2D eigenvalue weighted by Crippen LogP contribution is -2.42. The molecule has 3 nitrogen and oxygen atoms in total. The molecule has 0 unspecified atom stereocenters. The minimum absolute atomic E-state index is 0.510. The molecule has 2 heterocycles. The third-order valence-electron chi connectivity index (χ3n) is 2.94. The second-order valence-corrected chi connectivity index (χ2v) is 4.82. The number of halogens is 1. The molecule has 0 aliphatic carbocycles. The van der Waals surface area contributed by atoms with Crippen molar-refractivity contribution in [2.75, 3.05) is 13.1 Å². The van der Waals surface area contributed by atoms with Crippen LogP contribution in [0, 0.1) is 6.92 Å². The molecule has 1 aromatic heterocycles. The summed E-state index contributed by atoms with van der Waals surface area (Å²) in [6.45, 7) is 5.75. The third-order valence-corrected chi connectivity index (χ3v) is 2.94. The van der Waals surface area contributed by atoms with Crippen LogP contribution in [0.5, 0.6) is 0 Å². The van der Waals surface area contributed by atoms with Crippen molar-refractivity contribution in [3.05, 3.63) is 23.8 Å². The molecule has 1 aliphatic rings. The van der Waals surface area contributed by atoms with E-state index in [1.54, 1.807) is 13.1 Å². The summed E-state index contributed by atoms with van der Waals surface area (Å²) in [6, 6.07) is 1.90. The smallest absolute Gasteiger partial charge is 0.125 e. The highest BCUT2D eigenvalue weighted by molar-refractivity contribution is 5.02. The van der Waals surface area contributed by atoms with Gasteiger partial charge in [-0.15, -0.1) is 0 Å². The van der Waals surface area contributed by atoms with Gasteiger partial charge in [-0.3, -0.25) is 4.90 Å². The molecule has 2 rings (SSSR count). The average molecular weight is 223 g/mol. The van der Waals surface area contributed by atoms with E-state index in [0.29, 0.717) is 13.0 Å². The first-order valence-electron chi connectivity index (χ1n) is 5.75. The van der Waals surface area contributed by atoms with Crippen molar-refractivity contribution < 1.29 is 4.39 Å². The SMILES string of the molecule is Cc1nccc(CN2CCC[C@@](C)(F)C2)n1. The number of hydrogen-bond donors (Lipinski definition) is 0. The lowest BCUT2D eigenvalue weighted by Gasteiger charge is -2.34. The van der Waals surface area contributed by atoms with Crippen molar-refractivity contribution in [3.63, 3.8) is 0 Å². The Balaban J connectivity index is 1.99. The molecule has 0 aromatic carbocycles. The van der Waals surface area contributed by atoms with Gasteiger partial charge in [-0.2, -0.15) is 0 Å². The molecule has 0 saturated carbocycles. The molecule has 1 aromatic rings. The van der Waals surface area contributed by atoms with Crippen molar-refractivity contribution in [2.45, 2.75) is 38.9 Å². The zero-order chi connectivity index (χ0) is 11.6. The van der Waals surface area contributed by atoms with E-state index in [2.05, 4.69) is 14.9 Å². The second kappa shape index (κ2) is 4.45. The fourth-order valence-electron chi connectivity index (χ4n) is 2.25. The zero-order valence-corrected chi connectivity index (χ0v) is 9.91. The summed E-state index contributed by atoms with van der Waals surface area (Å²) in [5.74, 6) is 0.775. The van der Waals surface area contributed by atoms with Gasteiger partial charge in [0.25, 0.3) is 0 Å². The van der Waals surface area contributed by atoms with Crippen molar-refractivity contribution in [1.29, 1.82) is 0 Å². The molecule has 0 amide bonds. The van der Waals surface area contributed by atoms with Gasteiger partial charge in [0, 0.05) is 19.3 Å². The lowest BCUT2D eigenvalue weighted by molar-refractivity contribution is 0.0556. The van der Waals surface area contributed by atoms with Gasteiger partial charge in [-0.25, -0.2) is 14.4 Å². The van der Waals surface area contributed by atoms with Crippen molar-refractivity contribution in [2.24, 2.45) is 0 Å². The van der Waals surface area contributed by atoms with E-state index >= 15 is 0 Å². The first kappa shape index (κ1) is 11.5. The Morgan fingerprint density at radius 3 is 3.06 bits per heavy atom. The predicted molar refractivity (Wildman–Crippen MR) is 60.8 cm³/mol. The summed E-state index contributed by atoms with van der Waals surface area (Å²) in [7, 11) is 0. The average Bonchev–Trinajstić information content (AvgIpc) is 2.15. The number of nitrogens with zero attached hydrogens (tertiary/aromatic N) is 3. The number of hydrogen-bond acceptors (Lipinski definition) is 3. The van der Waals surface area contributed by atoms with Crippen LogP contribution in [0.4, 0.5) is 4.39 Å². The fourth-order valence-corrected chi connectivity index (χ4v) is 2.25. The summed E-state index contributed by atoms with van der Waals surface area (Å²) in [5, 5.41) is 0. The maximum atomic E-state index is 13.8. The lowest BCUT2D eigenvalue weighted by atomic mass is 9.97. The molecule has 1 atom stereocenters. The maximum Gasteiger partial charge on any atom is 0.125 e. The molecule has 0 spiro atoms. The first-order chi connectivity index (χ1) is 7.55. The molecule has 4 heteroatoms. The monoisotopic (exact) mass is 223 g/mol. The van der Waals surface area contributed by atoms with Crippen LogP contribution in [0.3, 0.4) is 0 Å².